The average molecular weight is 122 g/mol. The van der Waals surface area contributed by atoms with Gasteiger partial charge in [0.1, 0.15) is 5.69 Å². The molecule has 48 valence electrons. The third-order valence-corrected chi connectivity index (χ3v) is 1.50. The third kappa shape index (κ3) is 1.30. The Labute approximate surface area is 55.5 Å². The van der Waals surface area contributed by atoms with E-state index in [9.17, 15) is 0 Å². The van der Waals surface area contributed by atoms with Crippen molar-refractivity contribution >= 4 is 5.69 Å². The van der Waals surface area contributed by atoms with Gasteiger partial charge in [0.2, 0.25) is 0 Å². The Morgan fingerprint density at radius 3 is 2.44 bits per heavy atom. The molecule has 0 bridgehead atoms. The first-order chi connectivity index (χ1) is 4.34. The van der Waals surface area contributed by atoms with E-state index < -0.39 is 0 Å². The van der Waals surface area contributed by atoms with Gasteiger partial charge in [-0.15, -0.1) is 0 Å². The highest BCUT2D eigenvalue weighted by Gasteiger charge is 1.94. The van der Waals surface area contributed by atoms with E-state index in [0.717, 1.165) is 12.1 Å². The van der Waals surface area contributed by atoms with Crippen molar-refractivity contribution in [3.05, 3.63) is 29.8 Å². The van der Waals surface area contributed by atoms with Crippen LogP contribution >= 0.6 is 0 Å². The van der Waals surface area contributed by atoms with Crippen LogP contribution in [0.4, 0.5) is 5.69 Å². The molecule has 0 spiro atoms. The molecule has 0 fully saturated rings. The Balaban J connectivity index is 3.01. The van der Waals surface area contributed by atoms with E-state index in [1.54, 1.807) is 0 Å². The molecule has 1 rings (SSSR count). The van der Waals surface area contributed by atoms with Crippen molar-refractivity contribution in [1.82, 2.24) is 0 Å². The molecule has 3 N–H and O–H groups in total. The van der Waals surface area contributed by atoms with E-state index in [2.05, 4.69) is 18.7 Å². The number of quaternary nitrogens is 1. The van der Waals surface area contributed by atoms with Crippen LogP contribution in [0.3, 0.4) is 0 Å². The molecule has 1 heteroatoms. The maximum absolute atomic E-state index is 3.89. The Morgan fingerprint density at radius 2 is 2.00 bits per heavy atom. The lowest BCUT2D eigenvalue weighted by molar-refractivity contribution is -0.255. The quantitative estimate of drug-likeness (QED) is 0.578. The zero-order valence-corrected chi connectivity index (χ0v) is 5.72. The summed E-state index contributed by atoms with van der Waals surface area (Å²) in [5, 5.41) is 0. The van der Waals surface area contributed by atoms with Crippen LogP contribution in [0.5, 0.6) is 0 Å². The third-order valence-electron chi connectivity index (χ3n) is 1.50. The number of aryl methyl sites for hydroxylation is 1. The monoisotopic (exact) mass is 122 g/mol. The molecule has 0 saturated heterocycles. The van der Waals surface area contributed by atoms with Gasteiger partial charge in [-0.2, -0.15) is 0 Å². The fourth-order valence-corrected chi connectivity index (χ4v) is 0.902. The summed E-state index contributed by atoms with van der Waals surface area (Å²) in [4.78, 5) is 0. The summed E-state index contributed by atoms with van der Waals surface area (Å²) < 4.78 is 0. The zero-order valence-electron chi connectivity index (χ0n) is 5.72. The van der Waals surface area contributed by atoms with Gasteiger partial charge in [-0.25, -0.2) is 0 Å². The second kappa shape index (κ2) is 2.65. The fourth-order valence-electron chi connectivity index (χ4n) is 0.902. The summed E-state index contributed by atoms with van der Waals surface area (Å²) in [7, 11) is 0. The fraction of sp³-hybridized carbons (Fsp3) is 0.250. The van der Waals surface area contributed by atoms with Crippen molar-refractivity contribution in [2.45, 2.75) is 13.3 Å². The molecule has 0 aromatic heterocycles. The van der Waals surface area contributed by atoms with Crippen LogP contribution in [0.25, 0.3) is 0 Å². The van der Waals surface area contributed by atoms with E-state index in [1.807, 2.05) is 18.2 Å². The number of hydrogen-bond donors (Lipinski definition) is 1. The molecular weight excluding hydrogens is 110 g/mol. The SMILES string of the molecule is CCc1ccccc1[NH3+]. The first kappa shape index (κ1) is 6.30. The highest BCUT2D eigenvalue weighted by molar-refractivity contribution is 5.37. The molecule has 0 aliphatic carbocycles. The van der Waals surface area contributed by atoms with Crippen molar-refractivity contribution in [3.63, 3.8) is 0 Å². The summed E-state index contributed by atoms with van der Waals surface area (Å²) in [5.41, 5.74) is 6.39. The smallest absolute Gasteiger partial charge is 0.131 e. The van der Waals surface area contributed by atoms with Crippen molar-refractivity contribution in [2.24, 2.45) is 0 Å². The van der Waals surface area contributed by atoms with E-state index in [1.165, 1.54) is 5.56 Å². The molecule has 0 unspecified atom stereocenters. The first-order valence-corrected chi connectivity index (χ1v) is 3.24. The molecule has 1 aromatic carbocycles. The number of benzene rings is 1. The lowest BCUT2D eigenvalue weighted by Gasteiger charge is -1.94. The lowest BCUT2D eigenvalue weighted by atomic mass is 10.1. The first-order valence-electron chi connectivity index (χ1n) is 3.24. The highest BCUT2D eigenvalue weighted by atomic mass is 14.5. The van der Waals surface area contributed by atoms with Crippen LogP contribution in [0.15, 0.2) is 24.3 Å². The van der Waals surface area contributed by atoms with Crippen molar-refractivity contribution in [1.29, 1.82) is 0 Å². The normalized spacial score (nSPS) is 9.56. The molecule has 0 aliphatic heterocycles. The summed E-state index contributed by atoms with van der Waals surface area (Å²) in [6.45, 7) is 2.14. The second-order valence-corrected chi connectivity index (χ2v) is 2.12. The van der Waals surface area contributed by atoms with Gasteiger partial charge in [0.15, 0.2) is 0 Å². The van der Waals surface area contributed by atoms with Gasteiger partial charge in [-0.1, -0.05) is 25.1 Å². The maximum atomic E-state index is 3.89. The summed E-state index contributed by atoms with van der Waals surface area (Å²) >= 11 is 0. The molecule has 0 amide bonds. The predicted molar refractivity (Wildman–Crippen MR) is 38.4 cm³/mol. The number of rotatable bonds is 1. The summed E-state index contributed by atoms with van der Waals surface area (Å²) in [5.74, 6) is 0. The minimum absolute atomic E-state index is 1.08. The number of hydrogen-bond acceptors (Lipinski definition) is 0. The van der Waals surface area contributed by atoms with Gasteiger partial charge in [0.05, 0.1) is 0 Å². The van der Waals surface area contributed by atoms with Gasteiger partial charge < -0.3 is 5.73 Å². The molecule has 1 aromatic rings. The summed E-state index contributed by atoms with van der Waals surface area (Å²) in [6.07, 6.45) is 1.08. The Kier molecular flexibility index (Phi) is 1.85. The van der Waals surface area contributed by atoms with Crippen molar-refractivity contribution in [2.75, 3.05) is 0 Å². The van der Waals surface area contributed by atoms with E-state index in [4.69, 9.17) is 0 Å². The molecular formula is C8H12N+. The predicted octanol–water partition coefficient (Wildman–Crippen LogP) is 1.12. The van der Waals surface area contributed by atoms with Gasteiger partial charge in [0.25, 0.3) is 0 Å². The van der Waals surface area contributed by atoms with E-state index in [0.29, 0.717) is 0 Å². The van der Waals surface area contributed by atoms with Crippen LogP contribution in [-0.2, 0) is 6.42 Å². The second-order valence-electron chi connectivity index (χ2n) is 2.12. The lowest BCUT2D eigenvalue weighted by Crippen LogP contribution is -2.41. The van der Waals surface area contributed by atoms with Gasteiger partial charge >= 0.3 is 0 Å². The van der Waals surface area contributed by atoms with Crippen molar-refractivity contribution in [3.8, 4) is 0 Å². The van der Waals surface area contributed by atoms with Crippen LogP contribution in [0.2, 0.25) is 0 Å². The molecule has 1 nitrogen and oxygen atoms in total. The molecule has 0 aliphatic rings. The van der Waals surface area contributed by atoms with Crippen LogP contribution < -0.4 is 5.73 Å². The van der Waals surface area contributed by atoms with Gasteiger partial charge in [0, 0.05) is 5.56 Å². The Bertz CT molecular complexity index is 194. The maximum Gasteiger partial charge on any atom is 0.131 e. The van der Waals surface area contributed by atoms with Crippen LogP contribution in [-0.4, -0.2) is 0 Å². The molecule has 0 heterocycles. The minimum Gasteiger partial charge on any atom is -0.325 e. The summed E-state index contributed by atoms with van der Waals surface area (Å²) in [6, 6.07) is 8.22. The van der Waals surface area contributed by atoms with E-state index >= 15 is 0 Å². The van der Waals surface area contributed by atoms with Gasteiger partial charge in [-0.05, 0) is 12.5 Å². The largest absolute Gasteiger partial charge is 0.325 e. The zero-order chi connectivity index (χ0) is 6.69. The molecule has 0 saturated carbocycles. The van der Waals surface area contributed by atoms with Crippen molar-refractivity contribution < 1.29 is 5.73 Å². The van der Waals surface area contributed by atoms with Gasteiger partial charge in [-0.3, -0.25) is 0 Å². The highest BCUT2D eigenvalue weighted by Crippen LogP contribution is 2.07. The molecule has 9 heavy (non-hydrogen) atoms. The van der Waals surface area contributed by atoms with E-state index in [-0.39, 0.29) is 0 Å². The Morgan fingerprint density at radius 1 is 1.33 bits per heavy atom. The minimum atomic E-state index is 1.08. The topological polar surface area (TPSA) is 27.6 Å². The molecule has 0 radical (unpaired) electrons. The Hall–Kier alpha value is -0.820. The van der Waals surface area contributed by atoms with Crippen LogP contribution in [0, 0.1) is 0 Å². The standard InChI is InChI=1S/C8H11N/c1-2-7-5-3-4-6-8(7)9/h3-6H,2,9H2,1H3/p+1. The van der Waals surface area contributed by atoms with Crippen LogP contribution in [0.1, 0.15) is 12.5 Å². The average Bonchev–Trinajstić information content (AvgIpc) is 1.89. The molecule has 0 atom stereocenters.